The van der Waals surface area contributed by atoms with E-state index in [-0.39, 0.29) is 5.91 Å². The van der Waals surface area contributed by atoms with E-state index in [1.54, 1.807) is 12.1 Å². The van der Waals surface area contributed by atoms with E-state index >= 15 is 0 Å². The Morgan fingerprint density at radius 3 is 2.31 bits per heavy atom. The van der Waals surface area contributed by atoms with E-state index in [0.29, 0.717) is 23.3 Å². The largest absolute Gasteiger partial charge is 0.494 e. The van der Waals surface area contributed by atoms with Gasteiger partial charge in [0, 0.05) is 23.0 Å². The second-order valence-electron chi connectivity index (χ2n) is 7.87. The second kappa shape index (κ2) is 8.82. The van der Waals surface area contributed by atoms with Crippen molar-refractivity contribution in [2.45, 2.75) is 38.6 Å². The average molecular weight is 410 g/mol. The molecule has 29 heavy (non-hydrogen) atoms. The summed E-state index contributed by atoms with van der Waals surface area (Å²) < 4.78 is 5.42. The highest BCUT2D eigenvalue weighted by Gasteiger charge is 2.39. The molecule has 2 aromatic rings. The molecule has 2 aliphatic rings. The summed E-state index contributed by atoms with van der Waals surface area (Å²) in [7, 11) is 0. The summed E-state index contributed by atoms with van der Waals surface area (Å²) in [6.45, 7) is 2.56. The number of carbonyl (C=O) groups excluding carboxylic acids is 1. The molecule has 0 heterocycles. The van der Waals surface area contributed by atoms with Crippen LogP contribution in [0.4, 0.5) is 11.4 Å². The smallest absolute Gasteiger partial charge is 0.255 e. The molecule has 0 radical (unpaired) electrons. The number of rotatable bonds is 6. The Kier molecular flexibility index (Phi) is 6.00. The molecule has 152 valence electrons. The number of anilines is 2. The van der Waals surface area contributed by atoms with Gasteiger partial charge in [-0.2, -0.15) is 0 Å². The molecule has 1 amide bonds. The average Bonchev–Trinajstić information content (AvgIpc) is 3.33. The minimum Gasteiger partial charge on any atom is -0.494 e. The van der Waals surface area contributed by atoms with Crippen LogP contribution in [0, 0.1) is 11.8 Å². The summed E-state index contributed by atoms with van der Waals surface area (Å²) in [6, 6.07) is 15.2. The highest BCUT2D eigenvalue weighted by molar-refractivity contribution is 7.80. The van der Waals surface area contributed by atoms with Gasteiger partial charge in [-0.1, -0.05) is 6.42 Å². The van der Waals surface area contributed by atoms with Crippen molar-refractivity contribution in [2.75, 3.05) is 17.2 Å². The number of hydrogen-bond donors (Lipinski definition) is 3. The standard InChI is InChI=1S/C23H27N3O2S/c1-2-28-20-11-9-18(10-12-20)24-22(27)16-5-7-19(8-6-16)25-23(29)26-21-14-15-3-4-17(21)13-15/h5-12,15,17,21H,2-4,13-14H2,1H3,(H,24,27)(H2,25,26,29)/t15-,17+,21+/m1/s1. The molecule has 3 atom stereocenters. The fourth-order valence-electron chi connectivity index (χ4n) is 4.47. The van der Waals surface area contributed by atoms with Gasteiger partial charge in [0.1, 0.15) is 5.75 Å². The van der Waals surface area contributed by atoms with Gasteiger partial charge in [0.25, 0.3) is 5.91 Å². The van der Waals surface area contributed by atoms with Crippen molar-refractivity contribution >= 4 is 34.6 Å². The van der Waals surface area contributed by atoms with Crippen LogP contribution in [0.1, 0.15) is 43.0 Å². The monoisotopic (exact) mass is 409 g/mol. The molecule has 0 spiro atoms. The van der Waals surface area contributed by atoms with Gasteiger partial charge in [-0.25, -0.2) is 0 Å². The number of benzene rings is 2. The van der Waals surface area contributed by atoms with Crippen molar-refractivity contribution in [2.24, 2.45) is 11.8 Å². The van der Waals surface area contributed by atoms with E-state index in [1.165, 1.54) is 25.7 Å². The molecule has 5 nitrogen and oxygen atoms in total. The van der Waals surface area contributed by atoms with E-state index in [1.807, 2.05) is 43.3 Å². The SMILES string of the molecule is CCOc1ccc(NC(=O)c2ccc(NC(=S)N[C@H]3C[C@@H]4CC[C@H]3C4)cc2)cc1. The third kappa shape index (κ3) is 4.88. The van der Waals surface area contributed by atoms with Crippen molar-refractivity contribution in [3.8, 4) is 5.75 Å². The third-order valence-electron chi connectivity index (χ3n) is 5.88. The lowest BCUT2D eigenvalue weighted by molar-refractivity contribution is 0.102. The van der Waals surface area contributed by atoms with Crippen molar-refractivity contribution in [3.63, 3.8) is 0 Å². The molecule has 0 unspecified atom stereocenters. The highest BCUT2D eigenvalue weighted by Crippen LogP contribution is 2.44. The van der Waals surface area contributed by atoms with Gasteiger partial charge in [0.2, 0.25) is 0 Å². The first-order valence-corrected chi connectivity index (χ1v) is 10.7. The number of amides is 1. The normalized spacial score (nSPS) is 22.2. The predicted octanol–water partition coefficient (Wildman–Crippen LogP) is 4.81. The zero-order valence-corrected chi connectivity index (χ0v) is 17.4. The molecule has 2 aliphatic carbocycles. The summed E-state index contributed by atoms with van der Waals surface area (Å²) in [5, 5.41) is 10.3. The molecular weight excluding hydrogens is 382 g/mol. The maximum absolute atomic E-state index is 12.5. The fourth-order valence-corrected chi connectivity index (χ4v) is 4.74. The molecule has 2 bridgehead atoms. The summed E-state index contributed by atoms with van der Waals surface area (Å²) in [5.74, 6) is 2.29. The summed E-state index contributed by atoms with van der Waals surface area (Å²) >= 11 is 5.48. The van der Waals surface area contributed by atoms with Crippen LogP contribution in [0.25, 0.3) is 0 Å². The van der Waals surface area contributed by atoms with Gasteiger partial charge in [-0.05, 0) is 98.8 Å². The molecule has 2 aromatic carbocycles. The Hall–Kier alpha value is -2.60. The molecule has 3 N–H and O–H groups in total. The zero-order chi connectivity index (χ0) is 20.2. The molecule has 0 aliphatic heterocycles. The quantitative estimate of drug-likeness (QED) is 0.598. The van der Waals surface area contributed by atoms with Crippen LogP contribution in [-0.2, 0) is 0 Å². The van der Waals surface area contributed by atoms with E-state index in [9.17, 15) is 4.79 Å². The molecule has 6 heteroatoms. The minimum atomic E-state index is -0.150. The van der Waals surface area contributed by atoms with Crippen LogP contribution in [0.2, 0.25) is 0 Å². The second-order valence-corrected chi connectivity index (χ2v) is 8.28. The Morgan fingerprint density at radius 2 is 1.69 bits per heavy atom. The maximum atomic E-state index is 12.5. The van der Waals surface area contributed by atoms with Crippen LogP contribution >= 0.6 is 12.2 Å². The molecular formula is C23H27N3O2S. The lowest BCUT2D eigenvalue weighted by Gasteiger charge is -2.24. The summed E-state index contributed by atoms with van der Waals surface area (Å²) in [4.78, 5) is 12.5. The Morgan fingerprint density at radius 1 is 1.00 bits per heavy atom. The van der Waals surface area contributed by atoms with Gasteiger partial charge in [0.15, 0.2) is 5.11 Å². The Labute approximate surface area is 177 Å². The zero-order valence-electron chi connectivity index (χ0n) is 16.6. The summed E-state index contributed by atoms with van der Waals surface area (Å²) in [5.41, 5.74) is 2.21. The van der Waals surface area contributed by atoms with Gasteiger partial charge in [-0.3, -0.25) is 4.79 Å². The van der Waals surface area contributed by atoms with Crippen LogP contribution in [0.5, 0.6) is 5.75 Å². The third-order valence-corrected chi connectivity index (χ3v) is 6.10. The highest BCUT2D eigenvalue weighted by atomic mass is 32.1. The van der Waals surface area contributed by atoms with Gasteiger partial charge in [0.05, 0.1) is 6.61 Å². The van der Waals surface area contributed by atoms with Crippen molar-refractivity contribution in [1.29, 1.82) is 0 Å². The first-order chi connectivity index (χ1) is 14.1. The molecule has 0 saturated heterocycles. The topological polar surface area (TPSA) is 62.4 Å². The van der Waals surface area contributed by atoms with E-state index in [0.717, 1.165) is 29.0 Å². The number of fused-ring (bicyclic) bond motifs is 2. The van der Waals surface area contributed by atoms with Crippen molar-refractivity contribution in [3.05, 3.63) is 54.1 Å². The Balaban J connectivity index is 1.29. The van der Waals surface area contributed by atoms with Gasteiger partial charge < -0.3 is 20.7 Å². The number of thiocarbonyl (C=S) groups is 1. The lowest BCUT2D eigenvalue weighted by atomic mass is 9.96. The molecule has 2 saturated carbocycles. The summed E-state index contributed by atoms with van der Waals surface area (Å²) in [6.07, 6.45) is 5.28. The van der Waals surface area contributed by atoms with Crippen LogP contribution in [-0.4, -0.2) is 23.7 Å². The number of hydrogen-bond acceptors (Lipinski definition) is 3. The number of ether oxygens (including phenoxy) is 1. The van der Waals surface area contributed by atoms with E-state index in [4.69, 9.17) is 17.0 Å². The Bertz CT molecular complexity index is 867. The van der Waals surface area contributed by atoms with Crippen LogP contribution < -0.4 is 20.7 Å². The van der Waals surface area contributed by atoms with Crippen LogP contribution in [0.3, 0.4) is 0 Å². The van der Waals surface area contributed by atoms with E-state index < -0.39 is 0 Å². The molecule has 4 rings (SSSR count). The number of nitrogens with one attached hydrogen (secondary N) is 3. The first-order valence-electron chi connectivity index (χ1n) is 10.3. The van der Waals surface area contributed by atoms with Crippen molar-refractivity contribution < 1.29 is 9.53 Å². The minimum absolute atomic E-state index is 0.150. The molecule has 0 aromatic heterocycles. The van der Waals surface area contributed by atoms with Gasteiger partial charge in [-0.15, -0.1) is 0 Å². The predicted molar refractivity (Wildman–Crippen MR) is 121 cm³/mol. The first kappa shape index (κ1) is 19.7. The van der Waals surface area contributed by atoms with Crippen molar-refractivity contribution in [1.82, 2.24) is 5.32 Å². The fraction of sp³-hybridized carbons (Fsp3) is 0.391. The molecule has 2 fully saturated rings. The van der Waals surface area contributed by atoms with E-state index in [2.05, 4.69) is 16.0 Å². The maximum Gasteiger partial charge on any atom is 0.255 e. The van der Waals surface area contributed by atoms with Gasteiger partial charge >= 0.3 is 0 Å². The van der Waals surface area contributed by atoms with Crippen LogP contribution in [0.15, 0.2) is 48.5 Å². The number of carbonyl (C=O) groups is 1. The lowest BCUT2D eigenvalue weighted by Crippen LogP contribution is -2.40.